The van der Waals surface area contributed by atoms with Crippen molar-refractivity contribution in [2.24, 2.45) is 0 Å². The number of para-hydroxylation sites is 1. The Morgan fingerprint density at radius 1 is 1.50 bits per heavy atom. The number of carboxylic acids is 1. The van der Waals surface area contributed by atoms with Crippen LogP contribution in [-0.4, -0.2) is 18.2 Å². The first kappa shape index (κ1) is 11.5. The number of ether oxygens (including phenoxy) is 1. The number of carboxylic acid groups (broad SMARTS) is 1. The third-order valence-corrected chi connectivity index (χ3v) is 1.34. The Morgan fingerprint density at radius 2 is 2.08 bits per heavy atom. The molecule has 0 saturated carbocycles. The molecule has 0 aliphatic heterocycles. The number of hydrogen-bond acceptors (Lipinski definition) is 2. The average Bonchev–Trinajstić information content (AvgIpc) is 2.04. The average molecular weight is 176 g/mol. The second kappa shape index (κ2) is 5.19. The molecule has 0 heterocycles. The van der Waals surface area contributed by atoms with Crippen molar-refractivity contribution in [3.63, 3.8) is 0 Å². The first-order valence-electron chi connectivity index (χ1n) is 3.12. The SMILES string of the molecule is COc1ccccc1C(=O)O.[H-].[Na+]. The standard InChI is InChI=1S/C8H8O3.Na.H/c1-11-7-5-3-2-4-6(7)8(9)10;;/h2-5H,1H3,(H,9,10);;/q;+1;-1. The van der Waals surface area contributed by atoms with E-state index >= 15 is 0 Å². The van der Waals surface area contributed by atoms with Crippen LogP contribution in [-0.2, 0) is 0 Å². The Hall–Kier alpha value is -0.510. The van der Waals surface area contributed by atoms with Gasteiger partial charge in [0, 0.05) is 0 Å². The molecule has 0 aliphatic carbocycles. The van der Waals surface area contributed by atoms with Gasteiger partial charge in [-0.3, -0.25) is 0 Å². The van der Waals surface area contributed by atoms with Crippen LogP contribution in [0.4, 0.5) is 0 Å². The molecular formula is C8H9NaO3. The summed E-state index contributed by atoms with van der Waals surface area (Å²) in [5.41, 5.74) is 0.190. The first-order chi connectivity index (χ1) is 5.25. The Kier molecular flexibility index (Phi) is 4.97. The van der Waals surface area contributed by atoms with E-state index < -0.39 is 5.97 Å². The van der Waals surface area contributed by atoms with Crippen molar-refractivity contribution in [3.8, 4) is 5.75 Å². The molecule has 12 heavy (non-hydrogen) atoms. The number of hydrogen-bond donors (Lipinski definition) is 1. The normalized spacial score (nSPS) is 8.42. The van der Waals surface area contributed by atoms with E-state index in [0.717, 1.165) is 0 Å². The molecule has 0 unspecified atom stereocenters. The van der Waals surface area contributed by atoms with Gasteiger partial charge in [-0.2, -0.15) is 0 Å². The maximum Gasteiger partial charge on any atom is 1.00 e. The van der Waals surface area contributed by atoms with Gasteiger partial charge in [-0.15, -0.1) is 0 Å². The number of methoxy groups -OCH3 is 1. The Labute approximate surface area is 94.1 Å². The molecule has 3 nitrogen and oxygen atoms in total. The van der Waals surface area contributed by atoms with Gasteiger partial charge in [0.1, 0.15) is 11.3 Å². The molecule has 0 spiro atoms. The summed E-state index contributed by atoms with van der Waals surface area (Å²) in [6.07, 6.45) is 0. The third kappa shape index (κ3) is 2.52. The molecule has 0 atom stereocenters. The van der Waals surface area contributed by atoms with Gasteiger partial charge in [0.2, 0.25) is 0 Å². The molecule has 0 radical (unpaired) electrons. The van der Waals surface area contributed by atoms with Crippen LogP contribution in [0.15, 0.2) is 24.3 Å². The number of rotatable bonds is 2. The minimum absolute atomic E-state index is 0. The second-order valence-corrected chi connectivity index (χ2v) is 2.01. The van der Waals surface area contributed by atoms with Crippen LogP contribution >= 0.6 is 0 Å². The molecule has 0 bridgehead atoms. The molecule has 0 amide bonds. The van der Waals surface area contributed by atoms with E-state index in [1.807, 2.05) is 0 Å². The summed E-state index contributed by atoms with van der Waals surface area (Å²) < 4.78 is 4.83. The summed E-state index contributed by atoms with van der Waals surface area (Å²) in [4.78, 5) is 10.5. The minimum atomic E-state index is -0.970. The summed E-state index contributed by atoms with van der Waals surface area (Å²) in [7, 11) is 1.45. The summed E-state index contributed by atoms with van der Waals surface area (Å²) in [6.45, 7) is 0. The number of aromatic carboxylic acids is 1. The molecule has 0 fully saturated rings. The Bertz CT molecular complexity index is 278. The zero-order valence-corrected chi connectivity index (χ0v) is 9.07. The summed E-state index contributed by atoms with van der Waals surface area (Å²) in [6, 6.07) is 6.50. The quantitative estimate of drug-likeness (QED) is 0.558. The van der Waals surface area contributed by atoms with Crippen molar-refractivity contribution >= 4 is 5.97 Å². The Morgan fingerprint density at radius 3 is 2.50 bits per heavy atom. The predicted octanol–water partition coefficient (Wildman–Crippen LogP) is -1.49. The molecule has 0 saturated heterocycles. The van der Waals surface area contributed by atoms with Gasteiger partial charge in [-0.1, -0.05) is 12.1 Å². The van der Waals surface area contributed by atoms with Crippen LogP contribution in [0.3, 0.4) is 0 Å². The van der Waals surface area contributed by atoms with Crippen molar-refractivity contribution in [3.05, 3.63) is 29.8 Å². The minimum Gasteiger partial charge on any atom is -1.00 e. The van der Waals surface area contributed by atoms with E-state index in [-0.39, 0.29) is 36.5 Å². The number of benzene rings is 1. The van der Waals surface area contributed by atoms with Crippen LogP contribution < -0.4 is 34.3 Å². The zero-order chi connectivity index (χ0) is 8.27. The largest absolute Gasteiger partial charge is 1.00 e. The van der Waals surface area contributed by atoms with Crippen LogP contribution in [0.25, 0.3) is 0 Å². The van der Waals surface area contributed by atoms with E-state index in [2.05, 4.69) is 0 Å². The fourth-order valence-corrected chi connectivity index (χ4v) is 0.821. The van der Waals surface area contributed by atoms with E-state index in [0.29, 0.717) is 5.75 Å². The van der Waals surface area contributed by atoms with Gasteiger partial charge in [0.25, 0.3) is 0 Å². The van der Waals surface area contributed by atoms with Crippen molar-refractivity contribution in [1.82, 2.24) is 0 Å². The van der Waals surface area contributed by atoms with E-state index in [9.17, 15) is 4.79 Å². The van der Waals surface area contributed by atoms with Crippen molar-refractivity contribution < 1.29 is 45.6 Å². The van der Waals surface area contributed by atoms with Crippen LogP contribution in [0.1, 0.15) is 11.8 Å². The van der Waals surface area contributed by atoms with Crippen LogP contribution in [0, 0.1) is 0 Å². The van der Waals surface area contributed by atoms with E-state index in [4.69, 9.17) is 9.84 Å². The molecule has 4 heteroatoms. The predicted molar refractivity (Wildman–Crippen MR) is 41.1 cm³/mol. The second-order valence-electron chi connectivity index (χ2n) is 2.01. The summed E-state index contributed by atoms with van der Waals surface area (Å²) in [5.74, 6) is -0.581. The molecule has 0 aliphatic rings. The third-order valence-electron chi connectivity index (χ3n) is 1.34. The molecule has 0 aromatic heterocycles. The smallest absolute Gasteiger partial charge is 1.00 e. The van der Waals surface area contributed by atoms with Gasteiger partial charge in [-0.25, -0.2) is 4.79 Å². The van der Waals surface area contributed by atoms with Crippen molar-refractivity contribution in [2.75, 3.05) is 7.11 Å². The molecule has 1 rings (SSSR count). The fourth-order valence-electron chi connectivity index (χ4n) is 0.821. The molecule has 1 aromatic carbocycles. The van der Waals surface area contributed by atoms with Gasteiger partial charge < -0.3 is 11.3 Å². The molecule has 1 N–H and O–H groups in total. The van der Waals surface area contributed by atoms with E-state index in [1.54, 1.807) is 18.2 Å². The summed E-state index contributed by atoms with van der Waals surface area (Å²) in [5, 5.41) is 8.62. The van der Waals surface area contributed by atoms with Gasteiger partial charge in [0.15, 0.2) is 0 Å². The van der Waals surface area contributed by atoms with Crippen molar-refractivity contribution in [2.45, 2.75) is 0 Å². The topological polar surface area (TPSA) is 46.5 Å². The maximum atomic E-state index is 10.5. The first-order valence-corrected chi connectivity index (χ1v) is 3.12. The molecule has 60 valence electrons. The maximum absolute atomic E-state index is 10.5. The van der Waals surface area contributed by atoms with Gasteiger partial charge >= 0.3 is 35.5 Å². The van der Waals surface area contributed by atoms with E-state index in [1.165, 1.54) is 13.2 Å². The van der Waals surface area contributed by atoms with Gasteiger partial charge in [0.05, 0.1) is 7.11 Å². The molecule has 1 aromatic rings. The van der Waals surface area contributed by atoms with Gasteiger partial charge in [-0.05, 0) is 12.1 Å². The van der Waals surface area contributed by atoms with Crippen LogP contribution in [0.2, 0.25) is 0 Å². The molecular weight excluding hydrogens is 167 g/mol. The number of carbonyl (C=O) groups is 1. The monoisotopic (exact) mass is 176 g/mol. The fraction of sp³-hybridized carbons (Fsp3) is 0.125. The zero-order valence-electron chi connectivity index (χ0n) is 8.07. The summed E-state index contributed by atoms with van der Waals surface area (Å²) >= 11 is 0. The van der Waals surface area contributed by atoms with Crippen LogP contribution in [0.5, 0.6) is 5.75 Å². The Balaban J connectivity index is 0. The van der Waals surface area contributed by atoms with Crippen molar-refractivity contribution in [1.29, 1.82) is 0 Å².